The Balaban J connectivity index is 2.37. The van der Waals surface area contributed by atoms with E-state index in [1.54, 1.807) is 18.4 Å². The smallest absolute Gasteiger partial charge is 0.236 e. The zero-order chi connectivity index (χ0) is 10.6. The van der Waals surface area contributed by atoms with Crippen LogP contribution in [0, 0.1) is 0 Å². The summed E-state index contributed by atoms with van der Waals surface area (Å²) in [5.41, 5.74) is 1.19. The highest BCUT2D eigenvalue weighted by molar-refractivity contribution is 9.11. The highest BCUT2D eigenvalue weighted by Gasteiger charge is 2.09. The quantitative estimate of drug-likeness (QED) is 0.880. The van der Waals surface area contributed by atoms with Crippen LogP contribution in [0.4, 0.5) is 0 Å². The molecule has 78 valence electrons. The summed E-state index contributed by atoms with van der Waals surface area (Å²) in [6.45, 7) is 2.57. The molecular weight excluding hydrogens is 264 g/mol. The summed E-state index contributed by atoms with van der Waals surface area (Å²) in [4.78, 5) is 11.2. The SMILES string of the molecule is CNC(=O)[C@@H](C)NCc1csc(Br)c1. The molecule has 2 N–H and O–H groups in total. The average molecular weight is 277 g/mol. The Morgan fingerprint density at radius 2 is 2.43 bits per heavy atom. The number of thiophene rings is 1. The van der Waals surface area contributed by atoms with Gasteiger partial charge in [-0.05, 0) is 39.9 Å². The van der Waals surface area contributed by atoms with Crippen molar-refractivity contribution in [1.29, 1.82) is 0 Å². The minimum absolute atomic E-state index is 0.0132. The number of hydrogen-bond donors (Lipinski definition) is 2. The van der Waals surface area contributed by atoms with E-state index < -0.39 is 0 Å². The molecule has 5 heteroatoms. The molecule has 0 aliphatic heterocycles. The molecule has 0 fully saturated rings. The van der Waals surface area contributed by atoms with Gasteiger partial charge in [-0.2, -0.15) is 0 Å². The molecule has 0 radical (unpaired) electrons. The summed E-state index contributed by atoms with van der Waals surface area (Å²) in [5, 5.41) is 7.80. The van der Waals surface area contributed by atoms with Crippen LogP contribution in [0.5, 0.6) is 0 Å². The topological polar surface area (TPSA) is 41.1 Å². The molecule has 1 aromatic heterocycles. The lowest BCUT2D eigenvalue weighted by Crippen LogP contribution is -2.40. The fourth-order valence-electron chi connectivity index (χ4n) is 1.02. The number of carbonyl (C=O) groups excluding carboxylic acids is 1. The van der Waals surface area contributed by atoms with Gasteiger partial charge in [0.05, 0.1) is 9.83 Å². The Morgan fingerprint density at radius 1 is 1.71 bits per heavy atom. The fourth-order valence-corrected chi connectivity index (χ4v) is 2.23. The summed E-state index contributed by atoms with van der Waals surface area (Å²) >= 11 is 5.04. The summed E-state index contributed by atoms with van der Waals surface area (Å²) in [6, 6.07) is 1.90. The zero-order valence-corrected chi connectivity index (χ0v) is 10.5. The van der Waals surface area contributed by atoms with Crippen LogP contribution in [0.25, 0.3) is 0 Å². The van der Waals surface area contributed by atoms with Crippen LogP contribution in [0.2, 0.25) is 0 Å². The number of rotatable bonds is 4. The van der Waals surface area contributed by atoms with Crippen LogP contribution in [0.3, 0.4) is 0 Å². The van der Waals surface area contributed by atoms with E-state index in [2.05, 4.69) is 31.9 Å². The molecule has 1 aromatic rings. The molecule has 0 saturated carbocycles. The van der Waals surface area contributed by atoms with Gasteiger partial charge in [-0.15, -0.1) is 11.3 Å². The third-order valence-corrected chi connectivity index (χ3v) is 3.43. The van der Waals surface area contributed by atoms with Crippen LogP contribution in [0.15, 0.2) is 15.2 Å². The van der Waals surface area contributed by atoms with E-state index in [1.807, 2.05) is 13.0 Å². The molecule has 1 rings (SSSR count). The lowest BCUT2D eigenvalue weighted by molar-refractivity contribution is -0.122. The minimum atomic E-state index is -0.154. The van der Waals surface area contributed by atoms with Gasteiger partial charge in [0.1, 0.15) is 0 Å². The van der Waals surface area contributed by atoms with E-state index in [4.69, 9.17) is 0 Å². The molecule has 1 heterocycles. The summed E-state index contributed by atoms with van der Waals surface area (Å²) in [7, 11) is 1.64. The number of nitrogens with one attached hydrogen (secondary N) is 2. The molecule has 0 spiro atoms. The van der Waals surface area contributed by atoms with Gasteiger partial charge in [-0.1, -0.05) is 0 Å². The number of hydrogen-bond acceptors (Lipinski definition) is 3. The van der Waals surface area contributed by atoms with E-state index in [0.29, 0.717) is 0 Å². The van der Waals surface area contributed by atoms with Crippen LogP contribution in [-0.4, -0.2) is 19.0 Å². The molecule has 0 saturated heterocycles. The second kappa shape index (κ2) is 5.48. The highest BCUT2D eigenvalue weighted by atomic mass is 79.9. The van der Waals surface area contributed by atoms with Crippen molar-refractivity contribution in [3.8, 4) is 0 Å². The lowest BCUT2D eigenvalue weighted by Gasteiger charge is -2.10. The van der Waals surface area contributed by atoms with Crippen LogP contribution < -0.4 is 10.6 Å². The Labute approximate surface area is 96.0 Å². The van der Waals surface area contributed by atoms with Gasteiger partial charge in [0, 0.05) is 13.6 Å². The molecule has 0 bridgehead atoms. The third kappa shape index (κ3) is 3.40. The number of halogens is 1. The van der Waals surface area contributed by atoms with Gasteiger partial charge in [-0.25, -0.2) is 0 Å². The predicted molar refractivity (Wildman–Crippen MR) is 62.4 cm³/mol. The van der Waals surface area contributed by atoms with Crippen LogP contribution >= 0.6 is 27.3 Å². The second-order valence-corrected chi connectivity index (χ2v) is 5.27. The molecule has 1 atom stereocenters. The van der Waals surface area contributed by atoms with Crippen molar-refractivity contribution in [2.45, 2.75) is 19.5 Å². The molecule has 0 unspecified atom stereocenters. The average Bonchev–Trinajstić information content (AvgIpc) is 2.59. The van der Waals surface area contributed by atoms with Gasteiger partial charge in [0.15, 0.2) is 0 Å². The molecular formula is C9H13BrN2OS. The highest BCUT2D eigenvalue weighted by Crippen LogP contribution is 2.20. The van der Waals surface area contributed by atoms with Crippen LogP contribution in [-0.2, 0) is 11.3 Å². The van der Waals surface area contributed by atoms with E-state index in [-0.39, 0.29) is 11.9 Å². The normalized spacial score (nSPS) is 12.5. The summed E-state index contributed by atoms with van der Waals surface area (Å²) in [5.74, 6) is 0.0132. The van der Waals surface area contributed by atoms with E-state index in [1.165, 1.54) is 5.56 Å². The lowest BCUT2D eigenvalue weighted by atomic mass is 10.3. The monoisotopic (exact) mass is 276 g/mol. The first-order valence-corrected chi connectivity index (χ1v) is 5.98. The molecule has 0 aromatic carbocycles. The third-order valence-electron chi connectivity index (χ3n) is 1.87. The van der Waals surface area contributed by atoms with Crippen molar-refractivity contribution in [3.05, 3.63) is 20.8 Å². The second-order valence-electron chi connectivity index (χ2n) is 2.98. The van der Waals surface area contributed by atoms with Crippen molar-refractivity contribution >= 4 is 33.2 Å². The molecule has 0 aliphatic carbocycles. The Hall–Kier alpha value is -0.390. The van der Waals surface area contributed by atoms with Gasteiger partial charge in [0.2, 0.25) is 5.91 Å². The summed E-state index contributed by atoms with van der Waals surface area (Å²) in [6.07, 6.45) is 0. The maximum atomic E-state index is 11.2. The van der Waals surface area contributed by atoms with Crippen molar-refractivity contribution in [2.24, 2.45) is 0 Å². The number of likely N-dealkylation sites (N-methyl/N-ethyl adjacent to an activating group) is 1. The van der Waals surface area contributed by atoms with E-state index in [0.717, 1.165) is 10.3 Å². The predicted octanol–water partition coefficient (Wildman–Crippen LogP) is 1.73. The van der Waals surface area contributed by atoms with Gasteiger partial charge in [-0.3, -0.25) is 4.79 Å². The maximum Gasteiger partial charge on any atom is 0.236 e. The Bertz CT molecular complexity index is 314. The van der Waals surface area contributed by atoms with Crippen LogP contribution in [0.1, 0.15) is 12.5 Å². The molecule has 0 aliphatic rings. The van der Waals surface area contributed by atoms with Gasteiger partial charge >= 0.3 is 0 Å². The van der Waals surface area contributed by atoms with E-state index in [9.17, 15) is 4.79 Å². The summed E-state index contributed by atoms with van der Waals surface area (Å²) < 4.78 is 1.11. The largest absolute Gasteiger partial charge is 0.358 e. The Kier molecular flexibility index (Phi) is 4.57. The van der Waals surface area contributed by atoms with Gasteiger partial charge in [0.25, 0.3) is 0 Å². The van der Waals surface area contributed by atoms with Crippen molar-refractivity contribution in [2.75, 3.05) is 7.05 Å². The first-order chi connectivity index (χ1) is 6.63. The molecule has 14 heavy (non-hydrogen) atoms. The van der Waals surface area contributed by atoms with Crippen molar-refractivity contribution in [1.82, 2.24) is 10.6 Å². The first kappa shape index (κ1) is 11.7. The number of carbonyl (C=O) groups is 1. The standard InChI is InChI=1S/C9H13BrN2OS/c1-6(9(13)11-2)12-4-7-3-8(10)14-5-7/h3,5-6,12H,4H2,1-2H3,(H,11,13)/t6-/m1/s1. The van der Waals surface area contributed by atoms with Gasteiger partial charge < -0.3 is 10.6 Å². The zero-order valence-electron chi connectivity index (χ0n) is 8.13. The first-order valence-electron chi connectivity index (χ1n) is 4.31. The Morgan fingerprint density at radius 3 is 2.93 bits per heavy atom. The molecule has 3 nitrogen and oxygen atoms in total. The number of amides is 1. The van der Waals surface area contributed by atoms with E-state index >= 15 is 0 Å². The molecule has 1 amide bonds. The fraction of sp³-hybridized carbons (Fsp3) is 0.444. The van der Waals surface area contributed by atoms with Crippen molar-refractivity contribution < 1.29 is 4.79 Å². The maximum absolute atomic E-state index is 11.2. The van der Waals surface area contributed by atoms with Crippen molar-refractivity contribution in [3.63, 3.8) is 0 Å². The minimum Gasteiger partial charge on any atom is -0.358 e.